The molecule has 0 aliphatic heterocycles. The second-order valence-electron chi connectivity index (χ2n) is 4.57. The number of halogens is 1. The van der Waals surface area contributed by atoms with Gasteiger partial charge in [-0.2, -0.15) is 0 Å². The molecule has 3 heteroatoms. The minimum Gasteiger partial charge on any atom is -0.388 e. The van der Waals surface area contributed by atoms with Crippen LogP contribution in [0, 0.1) is 19.7 Å². The Morgan fingerprint density at radius 1 is 1.17 bits per heavy atom. The summed E-state index contributed by atoms with van der Waals surface area (Å²) in [5.41, 5.74) is 2.99. The van der Waals surface area contributed by atoms with Crippen molar-refractivity contribution in [2.24, 2.45) is 0 Å². The molecule has 0 fully saturated rings. The van der Waals surface area contributed by atoms with Gasteiger partial charge >= 0.3 is 0 Å². The average Bonchev–Trinajstić information content (AvgIpc) is 2.32. The van der Waals surface area contributed by atoms with Crippen LogP contribution in [0.5, 0.6) is 0 Å². The molecular weight excluding hydrogens is 229 g/mol. The normalized spacial score (nSPS) is 12.4. The van der Waals surface area contributed by atoms with Crippen LogP contribution >= 0.6 is 0 Å². The monoisotopic (exact) mass is 245 g/mol. The zero-order valence-corrected chi connectivity index (χ0v) is 10.5. The average molecular weight is 245 g/mol. The predicted molar refractivity (Wildman–Crippen MR) is 68.8 cm³/mol. The van der Waals surface area contributed by atoms with E-state index in [0.29, 0.717) is 12.0 Å². The molecule has 0 aliphatic carbocycles. The zero-order valence-electron chi connectivity index (χ0n) is 10.5. The van der Waals surface area contributed by atoms with Crippen molar-refractivity contribution in [3.05, 3.63) is 64.7 Å². The van der Waals surface area contributed by atoms with Crippen LogP contribution in [0.25, 0.3) is 0 Å². The number of aryl methyl sites for hydroxylation is 2. The van der Waals surface area contributed by atoms with Crippen molar-refractivity contribution in [2.75, 3.05) is 0 Å². The Kier molecular flexibility index (Phi) is 3.72. The lowest BCUT2D eigenvalue weighted by Gasteiger charge is -2.12. The highest BCUT2D eigenvalue weighted by molar-refractivity contribution is 5.26. The van der Waals surface area contributed by atoms with E-state index in [2.05, 4.69) is 4.98 Å². The Balaban J connectivity index is 2.16. The van der Waals surface area contributed by atoms with Gasteiger partial charge < -0.3 is 5.11 Å². The van der Waals surface area contributed by atoms with E-state index < -0.39 is 6.10 Å². The summed E-state index contributed by atoms with van der Waals surface area (Å²) in [6.45, 7) is 3.77. The van der Waals surface area contributed by atoms with E-state index in [-0.39, 0.29) is 5.82 Å². The summed E-state index contributed by atoms with van der Waals surface area (Å²) >= 11 is 0. The largest absolute Gasteiger partial charge is 0.388 e. The van der Waals surface area contributed by atoms with E-state index in [1.807, 2.05) is 26.0 Å². The summed E-state index contributed by atoms with van der Waals surface area (Å²) in [6.07, 6.45) is 1.20. The van der Waals surface area contributed by atoms with Crippen LogP contribution in [-0.2, 0) is 6.42 Å². The number of rotatable bonds is 3. The molecule has 2 nitrogen and oxygen atoms in total. The second kappa shape index (κ2) is 5.27. The quantitative estimate of drug-likeness (QED) is 0.901. The van der Waals surface area contributed by atoms with Crippen LogP contribution in [0.3, 0.4) is 0 Å². The predicted octanol–water partition coefficient (Wildman–Crippen LogP) is 3.11. The van der Waals surface area contributed by atoms with Crippen molar-refractivity contribution in [1.82, 2.24) is 4.98 Å². The van der Waals surface area contributed by atoms with Gasteiger partial charge in [0.05, 0.1) is 6.10 Å². The topological polar surface area (TPSA) is 33.1 Å². The molecule has 0 spiro atoms. The van der Waals surface area contributed by atoms with Gasteiger partial charge in [0.2, 0.25) is 0 Å². The Hall–Kier alpha value is -1.74. The minimum absolute atomic E-state index is 0.320. The van der Waals surface area contributed by atoms with E-state index in [0.717, 1.165) is 16.8 Å². The summed E-state index contributed by atoms with van der Waals surface area (Å²) in [5.74, 6) is -0.366. The molecule has 94 valence electrons. The van der Waals surface area contributed by atoms with Crippen molar-refractivity contribution in [3.8, 4) is 0 Å². The lowest BCUT2D eigenvalue weighted by Crippen LogP contribution is -2.06. The third-order valence-corrected chi connectivity index (χ3v) is 2.89. The molecule has 18 heavy (non-hydrogen) atoms. The van der Waals surface area contributed by atoms with Gasteiger partial charge in [0.1, 0.15) is 5.82 Å². The van der Waals surface area contributed by atoms with Crippen LogP contribution in [0.2, 0.25) is 0 Å². The third kappa shape index (κ3) is 2.93. The first-order valence-corrected chi connectivity index (χ1v) is 5.92. The smallest absolute Gasteiger partial charge is 0.129 e. The van der Waals surface area contributed by atoms with Crippen LogP contribution in [0.15, 0.2) is 36.5 Å². The van der Waals surface area contributed by atoms with E-state index in [9.17, 15) is 9.50 Å². The number of aliphatic hydroxyl groups is 1. The first kappa shape index (κ1) is 12.7. The minimum atomic E-state index is -0.860. The number of pyridine rings is 1. The van der Waals surface area contributed by atoms with Crippen LogP contribution in [-0.4, -0.2) is 10.1 Å². The van der Waals surface area contributed by atoms with E-state index in [1.165, 1.54) is 6.07 Å². The van der Waals surface area contributed by atoms with Gasteiger partial charge in [-0.3, -0.25) is 4.98 Å². The maximum atomic E-state index is 13.7. The summed E-state index contributed by atoms with van der Waals surface area (Å²) in [7, 11) is 0. The Morgan fingerprint density at radius 3 is 2.50 bits per heavy atom. The molecule has 0 saturated heterocycles. The Bertz CT molecular complexity index is 537. The van der Waals surface area contributed by atoms with Crippen molar-refractivity contribution in [1.29, 1.82) is 0 Å². The van der Waals surface area contributed by atoms with Gasteiger partial charge in [-0.05, 0) is 37.1 Å². The fourth-order valence-corrected chi connectivity index (χ4v) is 1.83. The fraction of sp³-hybridized carbons (Fsp3) is 0.267. The van der Waals surface area contributed by atoms with Gasteiger partial charge in [-0.25, -0.2) is 4.39 Å². The molecule has 1 aromatic carbocycles. The van der Waals surface area contributed by atoms with Gasteiger partial charge in [-0.1, -0.05) is 18.2 Å². The number of hydrogen-bond acceptors (Lipinski definition) is 2. The van der Waals surface area contributed by atoms with Crippen molar-refractivity contribution >= 4 is 0 Å². The molecule has 0 amide bonds. The SMILES string of the molecule is Cc1ccc(CC(O)c2ccc(C)cc2F)nc1. The molecule has 1 heterocycles. The second-order valence-corrected chi connectivity index (χ2v) is 4.57. The Labute approximate surface area is 106 Å². The number of benzene rings is 1. The molecule has 1 N–H and O–H groups in total. The fourth-order valence-electron chi connectivity index (χ4n) is 1.83. The van der Waals surface area contributed by atoms with Crippen molar-refractivity contribution in [2.45, 2.75) is 26.4 Å². The highest BCUT2D eigenvalue weighted by Crippen LogP contribution is 2.21. The first-order chi connectivity index (χ1) is 8.56. The number of aromatic nitrogens is 1. The highest BCUT2D eigenvalue weighted by Gasteiger charge is 2.13. The lowest BCUT2D eigenvalue weighted by atomic mass is 10.0. The van der Waals surface area contributed by atoms with Crippen molar-refractivity contribution < 1.29 is 9.50 Å². The molecular formula is C15H16FNO. The summed E-state index contributed by atoms with van der Waals surface area (Å²) in [6, 6.07) is 8.64. The summed E-state index contributed by atoms with van der Waals surface area (Å²) in [4.78, 5) is 4.21. The maximum absolute atomic E-state index is 13.7. The number of hydrogen-bond donors (Lipinski definition) is 1. The van der Waals surface area contributed by atoms with Gasteiger partial charge in [0, 0.05) is 23.9 Å². The molecule has 0 aliphatic rings. The maximum Gasteiger partial charge on any atom is 0.129 e. The van der Waals surface area contributed by atoms with Crippen LogP contribution in [0.1, 0.15) is 28.5 Å². The van der Waals surface area contributed by atoms with E-state index in [1.54, 1.807) is 18.3 Å². The third-order valence-electron chi connectivity index (χ3n) is 2.89. The van der Waals surface area contributed by atoms with Gasteiger partial charge in [-0.15, -0.1) is 0 Å². The Morgan fingerprint density at radius 2 is 1.89 bits per heavy atom. The highest BCUT2D eigenvalue weighted by atomic mass is 19.1. The summed E-state index contributed by atoms with van der Waals surface area (Å²) < 4.78 is 13.7. The van der Waals surface area contributed by atoms with Gasteiger partial charge in [0.25, 0.3) is 0 Å². The van der Waals surface area contributed by atoms with Crippen LogP contribution < -0.4 is 0 Å². The van der Waals surface area contributed by atoms with E-state index >= 15 is 0 Å². The van der Waals surface area contributed by atoms with E-state index in [4.69, 9.17) is 0 Å². The van der Waals surface area contributed by atoms with Crippen molar-refractivity contribution in [3.63, 3.8) is 0 Å². The molecule has 1 atom stereocenters. The standard InChI is InChI=1S/C15H16FNO/c1-10-4-6-13(14(16)7-10)15(18)8-12-5-3-11(2)9-17-12/h3-7,9,15,18H,8H2,1-2H3. The van der Waals surface area contributed by atoms with Gasteiger partial charge in [0.15, 0.2) is 0 Å². The number of aliphatic hydroxyl groups excluding tert-OH is 1. The molecule has 1 unspecified atom stereocenters. The first-order valence-electron chi connectivity index (χ1n) is 5.92. The molecule has 2 aromatic rings. The zero-order chi connectivity index (χ0) is 13.1. The molecule has 2 rings (SSSR count). The lowest BCUT2D eigenvalue weighted by molar-refractivity contribution is 0.172. The molecule has 0 radical (unpaired) electrons. The molecule has 0 bridgehead atoms. The number of nitrogens with zero attached hydrogens (tertiary/aromatic N) is 1. The molecule has 0 saturated carbocycles. The van der Waals surface area contributed by atoms with Crippen LogP contribution in [0.4, 0.5) is 4.39 Å². The summed E-state index contributed by atoms with van der Waals surface area (Å²) in [5, 5.41) is 10.0. The molecule has 1 aromatic heterocycles.